The summed E-state index contributed by atoms with van der Waals surface area (Å²) in [7, 11) is 1.53. The highest BCUT2D eigenvalue weighted by Crippen LogP contribution is 2.43. The van der Waals surface area contributed by atoms with Gasteiger partial charge in [-0.1, -0.05) is 245 Å². The number of phosphoric ester groups is 1. The molecular formula is C65H114N2O6P+. The fraction of sp³-hybridized carbons (Fsp3) is 0.677. The van der Waals surface area contributed by atoms with Crippen LogP contribution in [0.3, 0.4) is 0 Å². The van der Waals surface area contributed by atoms with Crippen molar-refractivity contribution in [3.8, 4) is 0 Å². The normalized spacial score (nSPS) is 14.7. The molecule has 0 aliphatic heterocycles. The minimum atomic E-state index is -4.37. The summed E-state index contributed by atoms with van der Waals surface area (Å²) < 4.78 is 23.7. The van der Waals surface area contributed by atoms with E-state index in [1.54, 1.807) is 6.08 Å². The lowest BCUT2D eigenvalue weighted by Crippen LogP contribution is -2.45. The first kappa shape index (κ1) is 70.9. The molecule has 1 amide bonds. The van der Waals surface area contributed by atoms with Gasteiger partial charge in [-0.3, -0.25) is 13.8 Å². The molecule has 0 aromatic heterocycles. The summed E-state index contributed by atoms with van der Waals surface area (Å²) in [5.74, 6) is -0.199. The maximum absolute atomic E-state index is 13.0. The fourth-order valence-electron chi connectivity index (χ4n) is 7.99. The molecule has 8 nitrogen and oxygen atoms in total. The maximum Gasteiger partial charge on any atom is 0.472 e. The molecular weight excluding hydrogens is 936 g/mol. The van der Waals surface area contributed by atoms with Crippen molar-refractivity contribution in [1.82, 2.24) is 5.32 Å². The minimum Gasteiger partial charge on any atom is -0.387 e. The van der Waals surface area contributed by atoms with Gasteiger partial charge in [0.15, 0.2) is 0 Å². The predicted molar refractivity (Wildman–Crippen MR) is 322 cm³/mol. The lowest BCUT2D eigenvalue weighted by atomic mass is 10.0. The van der Waals surface area contributed by atoms with Gasteiger partial charge in [0.1, 0.15) is 13.2 Å². The van der Waals surface area contributed by atoms with E-state index in [9.17, 15) is 19.4 Å². The quantitative estimate of drug-likeness (QED) is 0.0243. The molecule has 74 heavy (non-hydrogen) atoms. The molecule has 0 spiro atoms. The molecule has 0 radical (unpaired) electrons. The van der Waals surface area contributed by atoms with Crippen molar-refractivity contribution in [3.63, 3.8) is 0 Å². The Morgan fingerprint density at radius 2 is 0.824 bits per heavy atom. The number of carbonyl (C=O) groups is 1. The van der Waals surface area contributed by atoms with Crippen molar-refractivity contribution in [2.75, 3.05) is 40.9 Å². The van der Waals surface area contributed by atoms with Crippen LogP contribution < -0.4 is 5.32 Å². The average Bonchev–Trinajstić information content (AvgIpc) is 3.36. The number of hydrogen-bond acceptors (Lipinski definition) is 5. The summed E-state index contributed by atoms with van der Waals surface area (Å²) >= 11 is 0. The number of hydrogen-bond donors (Lipinski definition) is 3. The lowest BCUT2D eigenvalue weighted by molar-refractivity contribution is -0.870. The number of aliphatic hydroxyl groups is 1. The van der Waals surface area contributed by atoms with Gasteiger partial charge in [0.25, 0.3) is 0 Å². The zero-order valence-corrected chi connectivity index (χ0v) is 49.2. The molecule has 3 unspecified atom stereocenters. The van der Waals surface area contributed by atoms with Crippen molar-refractivity contribution < 1.29 is 32.9 Å². The highest BCUT2D eigenvalue weighted by atomic mass is 31.2. The van der Waals surface area contributed by atoms with Gasteiger partial charge in [0, 0.05) is 6.42 Å². The van der Waals surface area contributed by atoms with Crippen molar-refractivity contribution >= 4 is 13.7 Å². The molecule has 0 saturated heterocycles. The van der Waals surface area contributed by atoms with Crippen LogP contribution in [-0.2, 0) is 18.4 Å². The summed E-state index contributed by atoms with van der Waals surface area (Å²) in [6, 6.07) is -0.880. The van der Waals surface area contributed by atoms with E-state index in [4.69, 9.17) is 9.05 Å². The third kappa shape index (κ3) is 56.6. The van der Waals surface area contributed by atoms with Crippen LogP contribution in [0.1, 0.15) is 232 Å². The summed E-state index contributed by atoms with van der Waals surface area (Å²) in [6.07, 6.45) is 81.6. The number of unbranched alkanes of at least 4 members (excludes halogenated alkanes) is 22. The number of amides is 1. The van der Waals surface area contributed by atoms with Gasteiger partial charge in [0.2, 0.25) is 5.91 Å². The van der Waals surface area contributed by atoms with E-state index in [1.165, 1.54) is 122 Å². The fourth-order valence-corrected chi connectivity index (χ4v) is 8.73. The number of phosphoric acid groups is 1. The first-order valence-corrected chi connectivity index (χ1v) is 31.4. The van der Waals surface area contributed by atoms with Gasteiger partial charge >= 0.3 is 7.82 Å². The number of carbonyl (C=O) groups excluding carboxylic acids is 1. The van der Waals surface area contributed by atoms with Crippen molar-refractivity contribution in [3.05, 3.63) is 122 Å². The van der Waals surface area contributed by atoms with Crippen molar-refractivity contribution in [2.45, 2.75) is 244 Å². The highest BCUT2D eigenvalue weighted by molar-refractivity contribution is 7.47. The number of likely N-dealkylation sites (N-methyl/N-ethyl adjacent to an activating group) is 1. The summed E-state index contributed by atoms with van der Waals surface area (Å²) in [5.41, 5.74) is 0. The first-order valence-electron chi connectivity index (χ1n) is 29.9. The molecule has 9 heteroatoms. The van der Waals surface area contributed by atoms with Crippen LogP contribution in [-0.4, -0.2) is 73.4 Å². The summed E-state index contributed by atoms with van der Waals surface area (Å²) in [5, 5.41) is 13.9. The van der Waals surface area contributed by atoms with Crippen LogP contribution >= 0.6 is 7.82 Å². The second kappa shape index (κ2) is 54.7. The molecule has 0 fully saturated rings. The Bertz CT molecular complexity index is 1620. The number of quaternary nitrogens is 1. The molecule has 3 atom stereocenters. The van der Waals surface area contributed by atoms with Gasteiger partial charge < -0.3 is 19.8 Å². The van der Waals surface area contributed by atoms with Gasteiger partial charge in [-0.25, -0.2) is 4.57 Å². The van der Waals surface area contributed by atoms with Gasteiger partial charge in [0.05, 0.1) is 39.9 Å². The Kier molecular flexibility index (Phi) is 52.4. The van der Waals surface area contributed by atoms with E-state index in [0.29, 0.717) is 17.4 Å². The van der Waals surface area contributed by atoms with Crippen LogP contribution in [0, 0.1) is 0 Å². The van der Waals surface area contributed by atoms with Gasteiger partial charge in [-0.15, -0.1) is 0 Å². The molecule has 424 valence electrons. The molecule has 0 saturated carbocycles. The highest BCUT2D eigenvalue weighted by Gasteiger charge is 2.27. The van der Waals surface area contributed by atoms with Crippen molar-refractivity contribution in [1.29, 1.82) is 0 Å². The number of nitrogens with zero attached hydrogens (tertiary/aromatic N) is 1. The molecule has 0 aromatic carbocycles. The zero-order chi connectivity index (χ0) is 54.2. The van der Waals surface area contributed by atoms with Gasteiger partial charge in [-0.05, 0) is 103 Å². The van der Waals surface area contributed by atoms with E-state index in [-0.39, 0.29) is 19.1 Å². The largest absolute Gasteiger partial charge is 0.472 e. The monoisotopic (exact) mass is 1050 g/mol. The molecule has 0 rings (SSSR count). The van der Waals surface area contributed by atoms with Crippen molar-refractivity contribution in [2.24, 2.45) is 0 Å². The van der Waals surface area contributed by atoms with E-state index < -0.39 is 20.0 Å². The summed E-state index contributed by atoms with van der Waals surface area (Å²) in [6.45, 7) is 4.66. The molecule has 0 bridgehead atoms. The predicted octanol–water partition coefficient (Wildman–Crippen LogP) is 18.5. The molecule has 0 heterocycles. The number of rotatable bonds is 53. The Hall–Kier alpha value is -3.10. The number of nitrogens with one attached hydrogen (secondary N) is 1. The third-order valence-electron chi connectivity index (χ3n) is 12.6. The van der Waals surface area contributed by atoms with Crippen LogP contribution in [0.2, 0.25) is 0 Å². The molecule has 0 aliphatic rings. The smallest absolute Gasteiger partial charge is 0.387 e. The SMILES string of the molecule is CC/C=C\C/C=C\C/C=C\C/C=C\C/C=C\C/C=C\C/C=C\CCCCCCCCCCCCCC(=O)NC(COP(=O)(O)OCC[N+](C)(C)C)C(O)/C=C/CC/C=C/CC/C=C/CCCCCCCCCCC. The maximum atomic E-state index is 13.0. The topological polar surface area (TPSA) is 105 Å². The zero-order valence-electron chi connectivity index (χ0n) is 48.3. The molecule has 0 aromatic rings. The van der Waals surface area contributed by atoms with Crippen LogP contribution in [0.15, 0.2) is 122 Å². The molecule has 0 aliphatic carbocycles. The lowest BCUT2D eigenvalue weighted by Gasteiger charge is -2.25. The summed E-state index contributed by atoms with van der Waals surface area (Å²) in [4.78, 5) is 23.3. The Morgan fingerprint density at radius 3 is 1.24 bits per heavy atom. The van der Waals surface area contributed by atoms with E-state index in [2.05, 4.69) is 129 Å². The van der Waals surface area contributed by atoms with E-state index in [1.807, 2.05) is 27.2 Å². The number of aliphatic hydroxyl groups excluding tert-OH is 1. The van der Waals surface area contributed by atoms with E-state index in [0.717, 1.165) is 89.9 Å². The number of allylic oxidation sites excluding steroid dienone is 19. The Labute approximate surface area is 456 Å². The van der Waals surface area contributed by atoms with Gasteiger partial charge in [-0.2, -0.15) is 0 Å². The standard InChI is InChI=1S/C65H113N2O6P/c1-6-8-10-12-14-16-18-20-22-24-26-27-28-29-30-31-32-33-34-35-36-37-38-39-41-43-45-47-49-51-53-55-57-59-65(69)66-63(62-73-74(70,71)72-61-60-67(3,4)5)64(68)58-56-54-52-50-48-46-44-42-40-25-23-21-19-17-15-13-11-9-7-2/h8,10,14,16,20,22,26-27,29-30,32-33,35-36,40,42,48,50,56,58,63-64,68H,6-7,9,11-13,15,17-19,21,23-25,28,31,34,37-39,41,43-47,49,51-55,57,59-62H2,1-5H3,(H-,66,69,70,71)/p+1/b10-8-,16-14-,22-20-,27-26-,30-29-,33-32-,36-35-,42-40+,50-48+,58-56+. The van der Waals surface area contributed by atoms with Crippen LogP contribution in [0.4, 0.5) is 0 Å². The Morgan fingerprint density at radius 1 is 0.473 bits per heavy atom. The van der Waals surface area contributed by atoms with Crippen LogP contribution in [0.25, 0.3) is 0 Å². The average molecular weight is 1050 g/mol. The first-order chi connectivity index (χ1) is 36.0. The van der Waals surface area contributed by atoms with Crippen LogP contribution in [0.5, 0.6) is 0 Å². The molecule has 3 N–H and O–H groups in total. The minimum absolute atomic E-state index is 0.0473. The Balaban J connectivity index is 4.23. The third-order valence-corrected chi connectivity index (χ3v) is 13.6. The van der Waals surface area contributed by atoms with E-state index >= 15 is 0 Å². The second-order valence-corrected chi connectivity index (χ2v) is 22.4. The second-order valence-electron chi connectivity index (χ2n) is 21.0.